The van der Waals surface area contributed by atoms with Crippen LogP contribution in [-0.4, -0.2) is 36.6 Å². The second-order valence-corrected chi connectivity index (χ2v) is 7.80. The van der Waals surface area contributed by atoms with Crippen molar-refractivity contribution in [2.24, 2.45) is 0 Å². The Morgan fingerprint density at radius 2 is 1.94 bits per heavy atom. The van der Waals surface area contributed by atoms with E-state index in [0.29, 0.717) is 18.5 Å². The molecule has 4 rings (SSSR count). The number of nitrogens with zero attached hydrogens (tertiary/aromatic N) is 1. The summed E-state index contributed by atoms with van der Waals surface area (Å²) in [7, 11) is 1.34. The number of nitrogens with one attached hydrogen (secondary N) is 1. The van der Waals surface area contributed by atoms with Gasteiger partial charge in [0.15, 0.2) is 0 Å². The number of carbonyl (C=O) groups is 2. The third-order valence-corrected chi connectivity index (χ3v) is 5.53. The first kappa shape index (κ1) is 21.6. The molecule has 1 aromatic heterocycles. The Morgan fingerprint density at radius 1 is 1.09 bits per heavy atom. The molecule has 1 atom stereocenters. The summed E-state index contributed by atoms with van der Waals surface area (Å²) in [5.74, 6) is 0.410. The van der Waals surface area contributed by atoms with Crippen LogP contribution in [0.4, 0.5) is 0 Å². The van der Waals surface area contributed by atoms with Gasteiger partial charge < -0.3 is 14.8 Å². The van der Waals surface area contributed by atoms with Crippen molar-refractivity contribution >= 4 is 11.9 Å². The molecule has 32 heavy (non-hydrogen) atoms. The van der Waals surface area contributed by atoms with Gasteiger partial charge in [-0.05, 0) is 42.2 Å². The normalized spacial score (nSPS) is 14.3. The number of aryl methyl sites for hydroxylation is 1. The topological polar surface area (TPSA) is 77.5 Å². The van der Waals surface area contributed by atoms with E-state index in [2.05, 4.69) is 22.4 Å². The van der Waals surface area contributed by atoms with Crippen molar-refractivity contribution in [3.63, 3.8) is 0 Å². The van der Waals surface area contributed by atoms with Crippen LogP contribution < -0.4 is 10.1 Å². The quantitative estimate of drug-likeness (QED) is 0.547. The summed E-state index contributed by atoms with van der Waals surface area (Å²) in [5, 5.41) is 3.00. The SMILES string of the molecule is COC(=O)c1ccc(-c2cccc3c2O[C@@H](CNC(=O)CCCc2ccccc2)C3)nc1. The molecule has 1 amide bonds. The minimum Gasteiger partial charge on any atom is -0.487 e. The second kappa shape index (κ2) is 10.1. The molecule has 0 spiro atoms. The Labute approximate surface area is 187 Å². The molecule has 0 bridgehead atoms. The maximum atomic E-state index is 12.2. The van der Waals surface area contributed by atoms with Crippen LogP contribution in [-0.2, 0) is 22.4 Å². The summed E-state index contributed by atoms with van der Waals surface area (Å²) < 4.78 is 10.9. The van der Waals surface area contributed by atoms with Crippen LogP contribution in [0, 0.1) is 0 Å². The van der Waals surface area contributed by atoms with Gasteiger partial charge in [-0.25, -0.2) is 4.79 Å². The van der Waals surface area contributed by atoms with Crippen LogP contribution in [0.2, 0.25) is 0 Å². The van der Waals surface area contributed by atoms with E-state index < -0.39 is 5.97 Å². The number of pyridine rings is 1. The van der Waals surface area contributed by atoms with E-state index in [9.17, 15) is 9.59 Å². The Balaban J connectivity index is 1.31. The standard InChI is InChI=1S/C26H26N2O4/c1-31-26(30)20-13-14-23(27-16-20)22-11-6-10-19-15-21(32-25(19)22)17-28-24(29)12-5-9-18-7-3-2-4-8-18/h2-4,6-8,10-11,13-14,16,21H,5,9,12,15,17H2,1H3,(H,28,29)/t21-/m1/s1. The first-order chi connectivity index (χ1) is 15.6. The van der Waals surface area contributed by atoms with E-state index in [4.69, 9.17) is 9.47 Å². The lowest BCUT2D eigenvalue weighted by Crippen LogP contribution is -2.34. The third kappa shape index (κ3) is 5.14. The average molecular weight is 431 g/mol. The minimum absolute atomic E-state index is 0.0424. The van der Waals surface area contributed by atoms with Gasteiger partial charge in [0, 0.05) is 24.6 Å². The molecular formula is C26H26N2O4. The van der Waals surface area contributed by atoms with Gasteiger partial charge in [0.05, 0.1) is 24.9 Å². The molecule has 3 aromatic rings. The molecule has 0 fully saturated rings. The lowest BCUT2D eigenvalue weighted by atomic mass is 10.0. The largest absolute Gasteiger partial charge is 0.487 e. The Morgan fingerprint density at radius 3 is 2.69 bits per heavy atom. The van der Waals surface area contributed by atoms with E-state index >= 15 is 0 Å². The molecule has 0 unspecified atom stereocenters. The predicted molar refractivity (Wildman–Crippen MR) is 122 cm³/mol. The van der Waals surface area contributed by atoms with Crippen molar-refractivity contribution in [3.8, 4) is 17.0 Å². The summed E-state index contributed by atoms with van der Waals surface area (Å²) in [5.41, 5.74) is 4.33. The van der Waals surface area contributed by atoms with Gasteiger partial charge in [0.2, 0.25) is 5.91 Å². The first-order valence-electron chi connectivity index (χ1n) is 10.8. The molecule has 1 N–H and O–H groups in total. The summed E-state index contributed by atoms with van der Waals surface area (Å²) in [4.78, 5) is 28.3. The van der Waals surface area contributed by atoms with E-state index in [1.54, 1.807) is 12.1 Å². The highest BCUT2D eigenvalue weighted by atomic mass is 16.5. The number of hydrogen-bond acceptors (Lipinski definition) is 5. The van der Waals surface area contributed by atoms with Crippen molar-refractivity contribution in [3.05, 3.63) is 83.6 Å². The fraction of sp³-hybridized carbons (Fsp3) is 0.269. The number of benzene rings is 2. The number of esters is 1. The highest BCUT2D eigenvalue weighted by molar-refractivity contribution is 5.89. The maximum absolute atomic E-state index is 12.2. The van der Waals surface area contributed by atoms with Crippen LogP contribution >= 0.6 is 0 Å². The van der Waals surface area contributed by atoms with Crippen LogP contribution in [0.5, 0.6) is 5.75 Å². The molecule has 6 heteroatoms. The molecule has 2 heterocycles. The zero-order valence-corrected chi connectivity index (χ0v) is 18.0. The van der Waals surface area contributed by atoms with Crippen molar-refractivity contribution < 1.29 is 19.1 Å². The fourth-order valence-corrected chi connectivity index (χ4v) is 3.86. The summed E-state index contributed by atoms with van der Waals surface area (Å²) in [6.07, 6.45) is 4.33. The second-order valence-electron chi connectivity index (χ2n) is 7.80. The molecule has 164 valence electrons. The molecule has 1 aliphatic rings. The molecule has 1 aliphatic heterocycles. The van der Waals surface area contributed by atoms with Gasteiger partial charge in [0.25, 0.3) is 0 Å². The van der Waals surface area contributed by atoms with Crippen molar-refractivity contribution in [1.82, 2.24) is 10.3 Å². The molecule has 0 saturated heterocycles. The minimum atomic E-state index is -0.418. The van der Waals surface area contributed by atoms with Gasteiger partial charge in [-0.2, -0.15) is 0 Å². The van der Waals surface area contributed by atoms with Gasteiger partial charge >= 0.3 is 5.97 Å². The molecule has 0 saturated carbocycles. The van der Waals surface area contributed by atoms with E-state index in [1.807, 2.05) is 36.4 Å². The highest BCUT2D eigenvalue weighted by Crippen LogP contribution is 2.37. The fourth-order valence-electron chi connectivity index (χ4n) is 3.86. The highest BCUT2D eigenvalue weighted by Gasteiger charge is 2.26. The van der Waals surface area contributed by atoms with Gasteiger partial charge in [0.1, 0.15) is 11.9 Å². The zero-order valence-electron chi connectivity index (χ0n) is 18.0. The number of hydrogen-bond donors (Lipinski definition) is 1. The molecular weight excluding hydrogens is 404 g/mol. The van der Waals surface area contributed by atoms with Crippen molar-refractivity contribution in [2.45, 2.75) is 31.8 Å². The monoisotopic (exact) mass is 430 g/mol. The number of aromatic nitrogens is 1. The molecule has 0 aliphatic carbocycles. The number of ether oxygens (including phenoxy) is 2. The van der Waals surface area contributed by atoms with Crippen LogP contribution in [0.25, 0.3) is 11.3 Å². The number of fused-ring (bicyclic) bond motifs is 1. The van der Waals surface area contributed by atoms with E-state index in [-0.39, 0.29) is 12.0 Å². The number of amides is 1. The van der Waals surface area contributed by atoms with Gasteiger partial charge in [-0.3, -0.25) is 9.78 Å². The smallest absolute Gasteiger partial charge is 0.339 e. The zero-order chi connectivity index (χ0) is 22.3. The molecule has 2 aromatic carbocycles. The Hall–Kier alpha value is -3.67. The van der Waals surface area contributed by atoms with Gasteiger partial charge in [-0.1, -0.05) is 42.5 Å². The lowest BCUT2D eigenvalue weighted by molar-refractivity contribution is -0.121. The van der Waals surface area contributed by atoms with E-state index in [0.717, 1.165) is 41.8 Å². The average Bonchev–Trinajstić information content (AvgIpc) is 3.26. The maximum Gasteiger partial charge on any atom is 0.339 e. The number of rotatable bonds is 8. The van der Waals surface area contributed by atoms with E-state index in [1.165, 1.54) is 18.9 Å². The Bertz CT molecular complexity index is 1080. The molecule has 6 nitrogen and oxygen atoms in total. The summed E-state index contributed by atoms with van der Waals surface area (Å²) >= 11 is 0. The van der Waals surface area contributed by atoms with Crippen LogP contribution in [0.15, 0.2) is 66.9 Å². The van der Waals surface area contributed by atoms with Crippen LogP contribution in [0.3, 0.4) is 0 Å². The molecule has 0 radical (unpaired) electrons. The number of methoxy groups -OCH3 is 1. The lowest BCUT2D eigenvalue weighted by Gasteiger charge is -2.13. The third-order valence-electron chi connectivity index (χ3n) is 5.53. The Kier molecular flexibility index (Phi) is 6.80. The predicted octanol–water partition coefficient (Wildman–Crippen LogP) is 3.98. The number of para-hydroxylation sites is 1. The number of carbonyl (C=O) groups excluding carboxylic acids is 2. The first-order valence-corrected chi connectivity index (χ1v) is 10.8. The van der Waals surface area contributed by atoms with Crippen molar-refractivity contribution in [2.75, 3.05) is 13.7 Å². The summed E-state index contributed by atoms with van der Waals surface area (Å²) in [6.45, 7) is 0.465. The van der Waals surface area contributed by atoms with Crippen LogP contribution in [0.1, 0.15) is 34.3 Å². The van der Waals surface area contributed by atoms with Gasteiger partial charge in [-0.15, -0.1) is 0 Å². The van der Waals surface area contributed by atoms with Crippen molar-refractivity contribution in [1.29, 1.82) is 0 Å². The summed E-state index contributed by atoms with van der Waals surface area (Å²) in [6, 6.07) is 19.6.